The summed E-state index contributed by atoms with van der Waals surface area (Å²) < 4.78 is 7.28. The van der Waals surface area contributed by atoms with Crippen molar-refractivity contribution in [3.8, 4) is 0 Å². The van der Waals surface area contributed by atoms with Crippen LogP contribution < -0.4 is 0 Å². The maximum Gasteiger partial charge on any atom is 0.123 e. The molecule has 0 aromatic carbocycles. The Morgan fingerprint density at radius 1 is 1.75 bits per heavy atom. The van der Waals surface area contributed by atoms with Gasteiger partial charge in [0.1, 0.15) is 6.10 Å². The monoisotopic (exact) mass is 244 g/mol. The second kappa shape index (κ2) is 4.73. The molecule has 1 saturated heterocycles. The number of halogens is 1. The molecule has 2 rings (SSSR count). The lowest BCUT2D eigenvalue weighted by Crippen LogP contribution is -2.25. The minimum absolute atomic E-state index is 0.167. The van der Waals surface area contributed by atoms with E-state index in [9.17, 15) is 5.11 Å². The smallest absolute Gasteiger partial charge is 0.123 e. The summed E-state index contributed by atoms with van der Waals surface area (Å²) in [6, 6.07) is 0. The summed E-state index contributed by atoms with van der Waals surface area (Å²) in [5.74, 6) is 0.353. The predicted octanol–water partition coefficient (Wildman–Crippen LogP) is 2.01. The Balaban J connectivity index is 2.25. The fraction of sp³-hybridized carbons (Fsp3) is 0.727. The van der Waals surface area contributed by atoms with Gasteiger partial charge in [0.25, 0.3) is 0 Å². The van der Waals surface area contributed by atoms with Crippen molar-refractivity contribution in [2.75, 3.05) is 6.61 Å². The minimum Gasteiger partial charge on any atom is -0.384 e. The molecule has 0 aliphatic carbocycles. The van der Waals surface area contributed by atoms with E-state index in [1.807, 2.05) is 6.92 Å². The maximum atomic E-state index is 10.3. The second-order valence-electron chi connectivity index (χ2n) is 4.24. The van der Waals surface area contributed by atoms with Gasteiger partial charge in [0, 0.05) is 13.2 Å². The van der Waals surface area contributed by atoms with Crippen LogP contribution in [0.4, 0.5) is 0 Å². The molecule has 1 aromatic heterocycles. The lowest BCUT2D eigenvalue weighted by molar-refractivity contribution is -0.0218. The maximum absolute atomic E-state index is 10.3. The molecule has 2 heterocycles. The highest BCUT2D eigenvalue weighted by Gasteiger charge is 2.34. The zero-order valence-electron chi connectivity index (χ0n) is 9.56. The standard InChI is InChI=1S/C11H17ClN2O2/c1-3-14-9(8(12)6-13-14)10(15)11-7(2)4-5-16-11/h6-7,10-11,15H,3-5H2,1-2H3. The number of ether oxygens (including phenoxy) is 1. The van der Waals surface area contributed by atoms with Crippen molar-refractivity contribution >= 4 is 11.6 Å². The number of rotatable bonds is 3. The van der Waals surface area contributed by atoms with Gasteiger partial charge < -0.3 is 9.84 Å². The third-order valence-electron chi connectivity index (χ3n) is 3.17. The second-order valence-corrected chi connectivity index (χ2v) is 4.65. The third-order valence-corrected chi connectivity index (χ3v) is 3.46. The molecule has 90 valence electrons. The van der Waals surface area contributed by atoms with Gasteiger partial charge in [-0.05, 0) is 19.3 Å². The van der Waals surface area contributed by atoms with Crippen LogP contribution in [0.3, 0.4) is 0 Å². The van der Waals surface area contributed by atoms with Crippen molar-refractivity contribution in [2.45, 2.75) is 39.0 Å². The molecular weight excluding hydrogens is 228 g/mol. The normalized spacial score (nSPS) is 27.2. The SMILES string of the molecule is CCn1ncc(Cl)c1C(O)C1OCCC1C. The Bertz CT molecular complexity index is 367. The first-order chi connectivity index (χ1) is 7.65. The van der Waals surface area contributed by atoms with Crippen LogP contribution in [0.2, 0.25) is 5.02 Å². The Hall–Kier alpha value is -0.580. The Labute approximate surface area is 100 Å². The number of aliphatic hydroxyl groups is 1. The summed E-state index contributed by atoms with van der Waals surface area (Å²) in [5.41, 5.74) is 0.669. The molecule has 1 aliphatic rings. The first kappa shape index (κ1) is 11.9. The molecule has 1 N–H and O–H groups in total. The summed E-state index contributed by atoms with van der Waals surface area (Å²) in [6.07, 6.45) is 1.70. The first-order valence-electron chi connectivity index (χ1n) is 5.66. The largest absolute Gasteiger partial charge is 0.384 e. The van der Waals surface area contributed by atoms with Gasteiger partial charge in [0.05, 0.1) is 23.0 Å². The fourth-order valence-electron chi connectivity index (χ4n) is 2.19. The van der Waals surface area contributed by atoms with Crippen LogP contribution in [0.25, 0.3) is 0 Å². The number of aryl methyl sites for hydroxylation is 1. The summed E-state index contributed by atoms with van der Waals surface area (Å²) in [5, 5.41) is 14.9. The highest BCUT2D eigenvalue weighted by molar-refractivity contribution is 6.31. The molecule has 1 fully saturated rings. The molecular formula is C11H17ClN2O2. The molecule has 0 spiro atoms. The van der Waals surface area contributed by atoms with Crippen molar-refractivity contribution in [2.24, 2.45) is 5.92 Å². The van der Waals surface area contributed by atoms with Gasteiger partial charge in [0.2, 0.25) is 0 Å². The molecule has 3 atom stereocenters. The van der Waals surface area contributed by atoms with Crippen LogP contribution >= 0.6 is 11.6 Å². The van der Waals surface area contributed by atoms with E-state index >= 15 is 0 Å². The molecule has 0 bridgehead atoms. The molecule has 0 amide bonds. The molecule has 1 aromatic rings. The number of hydrogen-bond acceptors (Lipinski definition) is 3. The van der Waals surface area contributed by atoms with Gasteiger partial charge in [0.15, 0.2) is 0 Å². The van der Waals surface area contributed by atoms with E-state index in [1.54, 1.807) is 10.9 Å². The lowest BCUT2D eigenvalue weighted by Gasteiger charge is -2.22. The molecule has 1 aliphatic heterocycles. The van der Waals surface area contributed by atoms with Gasteiger partial charge in [-0.2, -0.15) is 5.10 Å². The molecule has 16 heavy (non-hydrogen) atoms. The summed E-state index contributed by atoms with van der Waals surface area (Å²) >= 11 is 6.05. The Kier molecular flexibility index (Phi) is 3.52. The third kappa shape index (κ3) is 1.97. The molecule has 0 saturated carbocycles. The zero-order chi connectivity index (χ0) is 11.7. The van der Waals surface area contributed by atoms with Crippen LogP contribution in [-0.4, -0.2) is 27.6 Å². The number of aromatic nitrogens is 2. The minimum atomic E-state index is -0.688. The van der Waals surface area contributed by atoms with Crippen molar-refractivity contribution in [3.05, 3.63) is 16.9 Å². The van der Waals surface area contributed by atoms with Gasteiger partial charge in [-0.25, -0.2) is 0 Å². The van der Waals surface area contributed by atoms with E-state index in [1.165, 1.54) is 0 Å². The van der Waals surface area contributed by atoms with E-state index < -0.39 is 6.10 Å². The Morgan fingerprint density at radius 3 is 3.06 bits per heavy atom. The highest BCUT2D eigenvalue weighted by atomic mass is 35.5. The van der Waals surface area contributed by atoms with E-state index in [0.29, 0.717) is 29.8 Å². The number of hydrogen-bond donors (Lipinski definition) is 1. The van der Waals surface area contributed by atoms with E-state index in [4.69, 9.17) is 16.3 Å². The quantitative estimate of drug-likeness (QED) is 0.885. The number of nitrogens with zero attached hydrogens (tertiary/aromatic N) is 2. The topological polar surface area (TPSA) is 47.3 Å². The highest BCUT2D eigenvalue weighted by Crippen LogP contribution is 2.34. The Morgan fingerprint density at radius 2 is 2.50 bits per heavy atom. The van der Waals surface area contributed by atoms with Crippen molar-refractivity contribution in [3.63, 3.8) is 0 Å². The van der Waals surface area contributed by atoms with E-state index in [0.717, 1.165) is 6.42 Å². The summed E-state index contributed by atoms with van der Waals surface area (Å²) in [4.78, 5) is 0. The van der Waals surface area contributed by atoms with Crippen LogP contribution in [0, 0.1) is 5.92 Å². The molecule has 4 nitrogen and oxygen atoms in total. The van der Waals surface area contributed by atoms with Crippen LogP contribution in [-0.2, 0) is 11.3 Å². The van der Waals surface area contributed by atoms with Crippen LogP contribution in [0.1, 0.15) is 32.1 Å². The van der Waals surface area contributed by atoms with E-state index in [2.05, 4.69) is 12.0 Å². The molecule has 0 radical (unpaired) electrons. The number of aliphatic hydroxyl groups excluding tert-OH is 1. The lowest BCUT2D eigenvalue weighted by atomic mass is 9.97. The predicted molar refractivity (Wildman–Crippen MR) is 61.4 cm³/mol. The first-order valence-corrected chi connectivity index (χ1v) is 6.03. The average molecular weight is 245 g/mol. The van der Waals surface area contributed by atoms with E-state index in [-0.39, 0.29) is 6.10 Å². The fourth-order valence-corrected chi connectivity index (χ4v) is 2.45. The van der Waals surface area contributed by atoms with Crippen molar-refractivity contribution < 1.29 is 9.84 Å². The van der Waals surface area contributed by atoms with Crippen molar-refractivity contribution in [1.29, 1.82) is 0 Å². The molecule has 3 unspecified atom stereocenters. The van der Waals surface area contributed by atoms with Crippen LogP contribution in [0.15, 0.2) is 6.20 Å². The summed E-state index contributed by atoms with van der Waals surface area (Å²) in [7, 11) is 0. The average Bonchev–Trinajstić information content (AvgIpc) is 2.83. The van der Waals surface area contributed by atoms with Crippen LogP contribution in [0.5, 0.6) is 0 Å². The summed E-state index contributed by atoms with van der Waals surface area (Å²) in [6.45, 7) is 5.46. The zero-order valence-corrected chi connectivity index (χ0v) is 10.3. The van der Waals surface area contributed by atoms with Gasteiger partial charge in [-0.1, -0.05) is 18.5 Å². The van der Waals surface area contributed by atoms with Gasteiger partial charge in [-0.3, -0.25) is 4.68 Å². The van der Waals surface area contributed by atoms with Gasteiger partial charge in [-0.15, -0.1) is 0 Å². The van der Waals surface area contributed by atoms with Crippen molar-refractivity contribution in [1.82, 2.24) is 9.78 Å². The van der Waals surface area contributed by atoms with Gasteiger partial charge >= 0.3 is 0 Å². The molecule has 5 heteroatoms.